The quantitative estimate of drug-likeness (QED) is 0.840. The SMILES string of the molecule is Cc1noc(C)c1CCC(=O)N[C@H]1CCCNC1. The molecule has 2 rings (SSSR count). The number of hydrogen-bond acceptors (Lipinski definition) is 4. The van der Waals surface area contributed by atoms with Gasteiger partial charge >= 0.3 is 0 Å². The van der Waals surface area contributed by atoms with E-state index in [-0.39, 0.29) is 11.9 Å². The zero-order chi connectivity index (χ0) is 13.0. The number of aromatic nitrogens is 1. The molecule has 2 N–H and O–H groups in total. The van der Waals surface area contributed by atoms with E-state index < -0.39 is 0 Å². The van der Waals surface area contributed by atoms with Crippen molar-refractivity contribution >= 4 is 5.91 Å². The molecule has 1 saturated heterocycles. The number of amides is 1. The van der Waals surface area contributed by atoms with Crippen molar-refractivity contribution in [3.05, 3.63) is 17.0 Å². The van der Waals surface area contributed by atoms with Gasteiger partial charge in [-0.2, -0.15) is 0 Å². The molecule has 0 aliphatic carbocycles. The Morgan fingerprint density at radius 2 is 2.39 bits per heavy atom. The molecule has 1 aromatic heterocycles. The number of hydrogen-bond donors (Lipinski definition) is 2. The molecule has 100 valence electrons. The molecular weight excluding hydrogens is 230 g/mol. The van der Waals surface area contributed by atoms with E-state index >= 15 is 0 Å². The molecule has 0 bridgehead atoms. The number of nitrogens with zero attached hydrogens (tertiary/aromatic N) is 1. The van der Waals surface area contributed by atoms with Crippen LogP contribution >= 0.6 is 0 Å². The van der Waals surface area contributed by atoms with Crippen molar-refractivity contribution in [3.63, 3.8) is 0 Å². The lowest BCUT2D eigenvalue weighted by atomic mass is 10.1. The number of nitrogens with one attached hydrogen (secondary N) is 2. The second kappa shape index (κ2) is 6.00. The first kappa shape index (κ1) is 13.1. The summed E-state index contributed by atoms with van der Waals surface area (Å²) in [7, 11) is 0. The van der Waals surface area contributed by atoms with Crippen LogP contribution in [0.4, 0.5) is 0 Å². The average Bonchev–Trinajstić information content (AvgIpc) is 2.68. The second-order valence-electron chi connectivity index (χ2n) is 4.91. The predicted molar refractivity (Wildman–Crippen MR) is 68.3 cm³/mol. The standard InChI is InChI=1S/C13H21N3O2/c1-9-12(10(2)18-16-9)5-6-13(17)15-11-4-3-7-14-8-11/h11,14H,3-8H2,1-2H3,(H,15,17)/t11-/m0/s1. The van der Waals surface area contributed by atoms with Gasteiger partial charge in [-0.15, -0.1) is 0 Å². The number of aryl methyl sites for hydroxylation is 2. The molecule has 2 heterocycles. The summed E-state index contributed by atoms with van der Waals surface area (Å²) in [6, 6.07) is 0.288. The molecule has 0 aromatic carbocycles. The second-order valence-corrected chi connectivity index (χ2v) is 4.91. The van der Waals surface area contributed by atoms with Crippen LogP contribution in [0.15, 0.2) is 4.52 Å². The van der Waals surface area contributed by atoms with E-state index in [1.54, 1.807) is 0 Å². The predicted octanol–water partition coefficient (Wildman–Crippen LogP) is 1.09. The lowest BCUT2D eigenvalue weighted by molar-refractivity contribution is -0.121. The Hall–Kier alpha value is -1.36. The molecule has 5 heteroatoms. The Kier molecular flexibility index (Phi) is 4.36. The summed E-state index contributed by atoms with van der Waals surface area (Å²) in [4.78, 5) is 11.8. The number of rotatable bonds is 4. The fourth-order valence-corrected chi connectivity index (χ4v) is 2.37. The van der Waals surface area contributed by atoms with Crippen molar-refractivity contribution in [2.75, 3.05) is 13.1 Å². The van der Waals surface area contributed by atoms with Crippen LogP contribution in [0.1, 0.15) is 36.3 Å². The molecule has 18 heavy (non-hydrogen) atoms. The van der Waals surface area contributed by atoms with Crippen LogP contribution in [0.25, 0.3) is 0 Å². The molecule has 1 fully saturated rings. The van der Waals surface area contributed by atoms with Crippen LogP contribution in [-0.4, -0.2) is 30.2 Å². The Morgan fingerprint density at radius 1 is 1.56 bits per heavy atom. The Balaban J connectivity index is 1.77. The number of piperidine rings is 1. The molecule has 1 aliphatic rings. The highest BCUT2D eigenvalue weighted by atomic mass is 16.5. The van der Waals surface area contributed by atoms with Crippen molar-refractivity contribution in [3.8, 4) is 0 Å². The normalized spacial score (nSPS) is 19.8. The van der Waals surface area contributed by atoms with Crippen LogP contribution in [-0.2, 0) is 11.2 Å². The van der Waals surface area contributed by atoms with Gasteiger partial charge in [0.15, 0.2) is 0 Å². The molecule has 1 aromatic rings. The largest absolute Gasteiger partial charge is 0.361 e. The van der Waals surface area contributed by atoms with Crippen LogP contribution in [0, 0.1) is 13.8 Å². The first-order valence-electron chi connectivity index (χ1n) is 6.58. The van der Waals surface area contributed by atoms with E-state index in [0.29, 0.717) is 12.8 Å². The highest BCUT2D eigenvalue weighted by Gasteiger charge is 2.16. The maximum atomic E-state index is 11.8. The molecule has 0 spiro atoms. The summed E-state index contributed by atoms with van der Waals surface area (Å²) < 4.78 is 5.09. The summed E-state index contributed by atoms with van der Waals surface area (Å²) in [5.74, 6) is 0.934. The molecule has 1 amide bonds. The van der Waals surface area contributed by atoms with Gasteiger partial charge in [-0.25, -0.2) is 0 Å². The molecule has 0 saturated carbocycles. The van der Waals surface area contributed by atoms with E-state index in [1.165, 1.54) is 0 Å². The van der Waals surface area contributed by atoms with Crippen molar-refractivity contribution < 1.29 is 9.32 Å². The fourth-order valence-electron chi connectivity index (χ4n) is 2.37. The first-order chi connectivity index (χ1) is 8.66. The van der Waals surface area contributed by atoms with Crippen LogP contribution < -0.4 is 10.6 Å². The third-order valence-corrected chi connectivity index (χ3v) is 3.45. The van der Waals surface area contributed by atoms with E-state index in [9.17, 15) is 4.79 Å². The third kappa shape index (κ3) is 3.32. The Labute approximate surface area is 107 Å². The van der Waals surface area contributed by atoms with Gasteiger partial charge in [0.1, 0.15) is 5.76 Å². The Morgan fingerprint density at radius 3 is 3.00 bits per heavy atom. The summed E-state index contributed by atoms with van der Waals surface area (Å²) in [6.45, 7) is 5.75. The van der Waals surface area contributed by atoms with Gasteiger partial charge in [0, 0.05) is 24.6 Å². The zero-order valence-electron chi connectivity index (χ0n) is 11.1. The summed E-state index contributed by atoms with van der Waals surface area (Å²) in [5.41, 5.74) is 1.95. The summed E-state index contributed by atoms with van der Waals surface area (Å²) in [6.07, 6.45) is 3.41. The van der Waals surface area contributed by atoms with Crippen molar-refractivity contribution in [2.45, 2.75) is 45.6 Å². The van der Waals surface area contributed by atoms with Gasteiger partial charge in [0.25, 0.3) is 0 Å². The van der Waals surface area contributed by atoms with Gasteiger partial charge in [-0.1, -0.05) is 5.16 Å². The molecular formula is C13H21N3O2. The molecule has 0 unspecified atom stereocenters. The topological polar surface area (TPSA) is 67.2 Å². The molecule has 5 nitrogen and oxygen atoms in total. The molecule has 1 atom stereocenters. The maximum absolute atomic E-state index is 11.8. The van der Waals surface area contributed by atoms with Crippen molar-refractivity contribution in [2.24, 2.45) is 0 Å². The zero-order valence-corrected chi connectivity index (χ0v) is 11.1. The highest BCUT2D eigenvalue weighted by Crippen LogP contribution is 2.14. The van der Waals surface area contributed by atoms with E-state index in [0.717, 1.165) is 42.9 Å². The van der Waals surface area contributed by atoms with Gasteiger partial charge in [-0.05, 0) is 39.7 Å². The molecule has 0 radical (unpaired) electrons. The van der Waals surface area contributed by atoms with Gasteiger partial charge < -0.3 is 15.2 Å². The number of carbonyl (C=O) groups is 1. The van der Waals surface area contributed by atoms with E-state index in [1.807, 2.05) is 13.8 Å². The minimum Gasteiger partial charge on any atom is -0.361 e. The summed E-state index contributed by atoms with van der Waals surface area (Å²) in [5, 5.41) is 10.2. The lowest BCUT2D eigenvalue weighted by Crippen LogP contribution is -2.45. The van der Waals surface area contributed by atoms with Crippen LogP contribution in [0.2, 0.25) is 0 Å². The first-order valence-corrected chi connectivity index (χ1v) is 6.58. The number of carbonyl (C=O) groups excluding carboxylic acids is 1. The van der Waals surface area contributed by atoms with Crippen molar-refractivity contribution in [1.29, 1.82) is 0 Å². The average molecular weight is 251 g/mol. The van der Waals surface area contributed by atoms with Crippen molar-refractivity contribution in [1.82, 2.24) is 15.8 Å². The van der Waals surface area contributed by atoms with Gasteiger partial charge in [0.05, 0.1) is 5.69 Å². The minimum absolute atomic E-state index is 0.115. The lowest BCUT2D eigenvalue weighted by Gasteiger charge is -2.23. The van der Waals surface area contributed by atoms with Crippen LogP contribution in [0.5, 0.6) is 0 Å². The minimum atomic E-state index is 0.115. The molecule has 1 aliphatic heterocycles. The van der Waals surface area contributed by atoms with Gasteiger partial charge in [0.2, 0.25) is 5.91 Å². The smallest absolute Gasteiger partial charge is 0.220 e. The van der Waals surface area contributed by atoms with E-state index in [4.69, 9.17) is 4.52 Å². The highest BCUT2D eigenvalue weighted by molar-refractivity contribution is 5.76. The van der Waals surface area contributed by atoms with Crippen LogP contribution in [0.3, 0.4) is 0 Å². The maximum Gasteiger partial charge on any atom is 0.220 e. The third-order valence-electron chi connectivity index (χ3n) is 3.45. The fraction of sp³-hybridized carbons (Fsp3) is 0.692. The monoisotopic (exact) mass is 251 g/mol. The Bertz CT molecular complexity index is 389. The summed E-state index contributed by atoms with van der Waals surface area (Å²) >= 11 is 0. The van der Waals surface area contributed by atoms with E-state index in [2.05, 4.69) is 15.8 Å². The van der Waals surface area contributed by atoms with Gasteiger partial charge in [-0.3, -0.25) is 4.79 Å².